The van der Waals surface area contributed by atoms with Crippen LogP contribution in [0.1, 0.15) is 41.5 Å². The Hall–Kier alpha value is -3.82. The number of hydrogen-bond acceptors (Lipinski definition) is 6. The van der Waals surface area contributed by atoms with Gasteiger partial charge in [-0.3, -0.25) is 14.2 Å². The number of benzene rings is 1. The van der Waals surface area contributed by atoms with Gasteiger partial charge in [-0.15, -0.1) is 0 Å². The Morgan fingerprint density at radius 1 is 1.15 bits per heavy atom. The first-order valence-corrected chi connectivity index (χ1v) is 10.7. The van der Waals surface area contributed by atoms with Gasteiger partial charge in [0, 0.05) is 25.5 Å². The molecule has 0 spiro atoms. The molecule has 0 bridgehead atoms. The molecular formula is C23H29N5O5. The molecule has 3 aromatic rings. The van der Waals surface area contributed by atoms with Crippen LogP contribution in [0.3, 0.4) is 0 Å². The predicted molar refractivity (Wildman–Crippen MR) is 120 cm³/mol. The van der Waals surface area contributed by atoms with Crippen molar-refractivity contribution in [3.63, 3.8) is 0 Å². The van der Waals surface area contributed by atoms with Crippen LogP contribution < -0.4 is 9.47 Å². The fourth-order valence-electron chi connectivity index (χ4n) is 3.58. The monoisotopic (exact) mass is 455 g/mol. The van der Waals surface area contributed by atoms with Crippen molar-refractivity contribution < 1.29 is 24.2 Å². The summed E-state index contributed by atoms with van der Waals surface area (Å²) in [4.78, 5) is 26.4. The molecule has 1 amide bonds. The van der Waals surface area contributed by atoms with Gasteiger partial charge in [0.25, 0.3) is 0 Å². The standard InChI is InChI=1S/C23H29N5O5/c1-5-27-19(8-10-24-27)15-26(11-9-17-6-7-20(32-3)21(12-17)33-4)22(29)16(2)28-14-18(13-25-28)23(30)31/h6-8,10,12-14,16H,5,9,11,15H2,1-4H3,(H,30,31). The molecule has 2 aromatic heterocycles. The second-order valence-electron chi connectivity index (χ2n) is 7.53. The van der Waals surface area contributed by atoms with Crippen molar-refractivity contribution in [2.45, 2.75) is 39.4 Å². The maximum atomic E-state index is 13.4. The maximum Gasteiger partial charge on any atom is 0.338 e. The zero-order valence-corrected chi connectivity index (χ0v) is 19.3. The third-order valence-corrected chi connectivity index (χ3v) is 5.49. The summed E-state index contributed by atoms with van der Waals surface area (Å²) in [6, 6.07) is 6.90. The van der Waals surface area contributed by atoms with Crippen molar-refractivity contribution in [2.24, 2.45) is 0 Å². The van der Waals surface area contributed by atoms with Crippen molar-refractivity contribution in [1.29, 1.82) is 0 Å². The number of methoxy groups -OCH3 is 2. The summed E-state index contributed by atoms with van der Waals surface area (Å²) in [6.45, 7) is 5.21. The normalized spacial score (nSPS) is 11.8. The molecule has 1 atom stereocenters. The molecule has 0 fully saturated rings. The second-order valence-corrected chi connectivity index (χ2v) is 7.53. The highest BCUT2D eigenvalue weighted by atomic mass is 16.5. The van der Waals surface area contributed by atoms with E-state index >= 15 is 0 Å². The SMILES string of the molecule is CCn1nccc1CN(CCc1ccc(OC)c(OC)c1)C(=O)C(C)n1cc(C(=O)O)cn1. The quantitative estimate of drug-likeness (QED) is 0.473. The average molecular weight is 456 g/mol. The molecule has 1 unspecified atom stereocenters. The fraction of sp³-hybridized carbons (Fsp3) is 0.391. The average Bonchev–Trinajstić information content (AvgIpc) is 3.50. The van der Waals surface area contributed by atoms with E-state index in [1.165, 1.54) is 17.1 Å². The van der Waals surface area contributed by atoms with E-state index in [4.69, 9.17) is 14.6 Å². The Morgan fingerprint density at radius 3 is 2.55 bits per heavy atom. The first kappa shape index (κ1) is 23.8. The number of amides is 1. The molecule has 176 valence electrons. The number of aryl methyl sites for hydroxylation is 1. The number of rotatable bonds is 11. The molecule has 0 saturated heterocycles. The van der Waals surface area contributed by atoms with Gasteiger partial charge < -0.3 is 19.5 Å². The van der Waals surface area contributed by atoms with Crippen molar-refractivity contribution in [3.05, 3.63) is 59.7 Å². The van der Waals surface area contributed by atoms with Crippen LogP contribution in [0.25, 0.3) is 0 Å². The molecular weight excluding hydrogens is 426 g/mol. The Kier molecular flexibility index (Phi) is 7.70. The van der Waals surface area contributed by atoms with E-state index < -0.39 is 12.0 Å². The Bertz CT molecular complexity index is 1110. The molecule has 33 heavy (non-hydrogen) atoms. The first-order chi connectivity index (χ1) is 15.9. The van der Waals surface area contributed by atoms with Gasteiger partial charge >= 0.3 is 5.97 Å². The number of carbonyl (C=O) groups excluding carboxylic acids is 1. The summed E-state index contributed by atoms with van der Waals surface area (Å²) in [7, 11) is 3.17. The minimum Gasteiger partial charge on any atom is -0.493 e. The van der Waals surface area contributed by atoms with Crippen LogP contribution in [0.15, 0.2) is 42.9 Å². The lowest BCUT2D eigenvalue weighted by molar-refractivity contribution is -0.135. The lowest BCUT2D eigenvalue weighted by Crippen LogP contribution is -2.38. The van der Waals surface area contributed by atoms with Crippen LogP contribution in [0, 0.1) is 0 Å². The number of carboxylic acid groups (broad SMARTS) is 1. The summed E-state index contributed by atoms with van der Waals surface area (Å²) in [5.41, 5.74) is 1.95. The van der Waals surface area contributed by atoms with E-state index in [2.05, 4.69) is 10.2 Å². The summed E-state index contributed by atoms with van der Waals surface area (Å²) >= 11 is 0. The van der Waals surface area contributed by atoms with Crippen LogP contribution in [0.2, 0.25) is 0 Å². The maximum absolute atomic E-state index is 13.4. The smallest absolute Gasteiger partial charge is 0.338 e. The molecule has 0 radical (unpaired) electrons. The van der Waals surface area contributed by atoms with E-state index in [0.29, 0.717) is 37.6 Å². The van der Waals surface area contributed by atoms with Crippen LogP contribution in [0.4, 0.5) is 0 Å². The van der Waals surface area contributed by atoms with Gasteiger partial charge in [0.1, 0.15) is 6.04 Å². The van der Waals surface area contributed by atoms with Gasteiger partial charge in [-0.25, -0.2) is 4.79 Å². The van der Waals surface area contributed by atoms with E-state index in [1.807, 2.05) is 35.9 Å². The number of carboxylic acids is 1. The third-order valence-electron chi connectivity index (χ3n) is 5.49. The van der Waals surface area contributed by atoms with Crippen molar-refractivity contribution in [1.82, 2.24) is 24.5 Å². The topological polar surface area (TPSA) is 112 Å². The van der Waals surface area contributed by atoms with Crippen LogP contribution >= 0.6 is 0 Å². The molecule has 0 aliphatic rings. The lowest BCUT2D eigenvalue weighted by atomic mass is 10.1. The Morgan fingerprint density at radius 2 is 1.91 bits per heavy atom. The van der Waals surface area contributed by atoms with Gasteiger partial charge in [-0.2, -0.15) is 10.2 Å². The van der Waals surface area contributed by atoms with Crippen LogP contribution in [-0.4, -0.2) is 62.2 Å². The highest BCUT2D eigenvalue weighted by molar-refractivity contribution is 5.87. The van der Waals surface area contributed by atoms with E-state index in [-0.39, 0.29) is 11.5 Å². The van der Waals surface area contributed by atoms with E-state index in [1.54, 1.807) is 32.2 Å². The minimum atomic E-state index is -1.09. The van der Waals surface area contributed by atoms with Gasteiger partial charge in [0.15, 0.2) is 11.5 Å². The number of aromatic nitrogens is 4. The number of ether oxygens (including phenoxy) is 2. The van der Waals surface area contributed by atoms with Crippen molar-refractivity contribution in [2.75, 3.05) is 20.8 Å². The third kappa shape index (κ3) is 5.51. The first-order valence-electron chi connectivity index (χ1n) is 10.7. The molecule has 3 rings (SSSR count). The van der Waals surface area contributed by atoms with E-state index in [0.717, 1.165) is 11.3 Å². The van der Waals surface area contributed by atoms with E-state index in [9.17, 15) is 9.59 Å². The van der Waals surface area contributed by atoms with Gasteiger partial charge in [-0.05, 0) is 44.0 Å². The number of nitrogens with zero attached hydrogens (tertiary/aromatic N) is 5. The summed E-state index contributed by atoms with van der Waals surface area (Å²) in [5, 5.41) is 17.5. The molecule has 1 aromatic carbocycles. The predicted octanol–water partition coefficient (Wildman–Crippen LogP) is 2.65. The van der Waals surface area contributed by atoms with Gasteiger partial charge in [-0.1, -0.05) is 6.07 Å². The van der Waals surface area contributed by atoms with Gasteiger partial charge in [0.05, 0.1) is 38.2 Å². The zero-order chi connectivity index (χ0) is 24.0. The Balaban J connectivity index is 1.82. The van der Waals surface area contributed by atoms with Crippen molar-refractivity contribution in [3.8, 4) is 11.5 Å². The summed E-state index contributed by atoms with van der Waals surface area (Å²) in [5.74, 6) is 0.0167. The Labute approximate surface area is 192 Å². The summed E-state index contributed by atoms with van der Waals surface area (Å²) < 4.78 is 13.9. The van der Waals surface area contributed by atoms with Gasteiger partial charge in [0.2, 0.25) is 5.91 Å². The lowest BCUT2D eigenvalue weighted by Gasteiger charge is -2.26. The molecule has 0 saturated carbocycles. The van der Waals surface area contributed by atoms with Crippen molar-refractivity contribution >= 4 is 11.9 Å². The molecule has 0 aliphatic heterocycles. The van der Waals surface area contributed by atoms with Crippen LogP contribution in [0.5, 0.6) is 11.5 Å². The fourth-order valence-corrected chi connectivity index (χ4v) is 3.58. The number of hydrogen-bond donors (Lipinski definition) is 1. The molecule has 1 N–H and O–H groups in total. The second kappa shape index (κ2) is 10.7. The molecule has 10 nitrogen and oxygen atoms in total. The number of aromatic carboxylic acids is 1. The number of carbonyl (C=O) groups is 2. The minimum absolute atomic E-state index is 0.0376. The molecule has 0 aliphatic carbocycles. The van der Waals surface area contributed by atoms with Crippen LogP contribution in [-0.2, 0) is 24.3 Å². The highest BCUT2D eigenvalue weighted by Gasteiger charge is 2.24. The summed E-state index contributed by atoms with van der Waals surface area (Å²) in [6.07, 6.45) is 4.92. The molecule has 10 heteroatoms. The molecule has 2 heterocycles. The largest absolute Gasteiger partial charge is 0.493 e. The zero-order valence-electron chi connectivity index (χ0n) is 19.3. The highest BCUT2D eigenvalue weighted by Crippen LogP contribution is 2.28.